The van der Waals surface area contributed by atoms with Crippen LogP contribution in [0, 0.1) is 6.92 Å². The van der Waals surface area contributed by atoms with Gasteiger partial charge in [0.15, 0.2) is 0 Å². The molecule has 1 aliphatic rings. The average molecular weight is 319 g/mol. The molecule has 0 saturated carbocycles. The molecule has 8 nitrogen and oxygen atoms in total. The summed E-state index contributed by atoms with van der Waals surface area (Å²) >= 11 is 0. The molecule has 0 radical (unpaired) electrons. The summed E-state index contributed by atoms with van der Waals surface area (Å²) in [4.78, 5) is 47.4. The number of hydrogen-bond acceptors (Lipinski definition) is 4. The molecule has 4 amide bonds. The SMILES string of the molecule is Cc1ccc(C2(C)NC(=O)N(CC(=O)NCC(=O)O)C2=O)cc1. The summed E-state index contributed by atoms with van der Waals surface area (Å²) in [5, 5.41) is 13.2. The second-order valence-electron chi connectivity index (χ2n) is 5.48. The molecule has 0 spiro atoms. The molecule has 1 aliphatic heterocycles. The van der Waals surface area contributed by atoms with Crippen LogP contribution < -0.4 is 10.6 Å². The van der Waals surface area contributed by atoms with Crippen LogP contribution in [0.1, 0.15) is 18.1 Å². The van der Waals surface area contributed by atoms with Crippen LogP contribution in [-0.4, -0.2) is 46.9 Å². The van der Waals surface area contributed by atoms with E-state index in [1.807, 2.05) is 19.1 Å². The second-order valence-corrected chi connectivity index (χ2v) is 5.48. The Kier molecular flexibility index (Phi) is 4.35. The fourth-order valence-corrected chi connectivity index (χ4v) is 2.30. The zero-order valence-electron chi connectivity index (χ0n) is 12.8. The van der Waals surface area contributed by atoms with Gasteiger partial charge in [-0.2, -0.15) is 0 Å². The van der Waals surface area contributed by atoms with Gasteiger partial charge >= 0.3 is 12.0 Å². The molecule has 122 valence electrons. The Morgan fingerprint density at radius 3 is 2.43 bits per heavy atom. The van der Waals surface area contributed by atoms with Crippen LogP contribution >= 0.6 is 0 Å². The van der Waals surface area contributed by atoms with E-state index >= 15 is 0 Å². The zero-order chi connectivity index (χ0) is 17.2. The Hall–Kier alpha value is -2.90. The first kappa shape index (κ1) is 16.5. The Morgan fingerprint density at radius 2 is 1.87 bits per heavy atom. The van der Waals surface area contributed by atoms with Crippen molar-refractivity contribution in [1.29, 1.82) is 0 Å². The van der Waals surface area contributed by atoms with Gasteiger partial charge < -0.3 is 15.7 Å². The summed E-state index contributed by atoms with van der Waals surface area (Å²) in [7, 11) is 0. The number of hydrogen-bond donors (Lipinski definition) is 3. The van der Waals surface area contributed by atoms with E-state index in [2.05, 4.69) is 10.6 Å². The average Bonchev–Trinajstić information content (AvgIpc) is 2.70. The molecule has 1 unspecified atom stereocenters. The van der Waals surface area contributed by atoms with Gasteiger partial charge in [0.25, 0.3) is 5.91 Å². The molecule has 1 heterocycles. The maximum Gasteiger partial charge on any atom is 0.325 e. The standard InChI is InChI=1S/C15H17N3O5/c1-9-3-5-10(6-4-9)15(2)13(22)18(14(23)17-15)8-11(19)16-7-12(20)21/h3-6H,7-8H2,1-2H3,(H,16,19)(H,17,23)(H,20,21). The van der Waals surface area contributed by atoms with E-state index in [4.69, 9.17) is 5.11 Å². The Balaban J connectivity index is 2.14. The number of amides is 4. The summed E-state index contributed by atoms with van der Waals surface area (Å²) in [6.45, 7) is 2.37. The van der Waals surface area contributed by atoms with Crippen molar-refractivity contribution >= 4 is 23.8 Å². The lowest BCUT2D eigenvalue weighted by molar-refractivity contribution is -0.138. The van der Waals surface area contributed by atoms with Gasteiger partial charge in [-0.1, -0.05) is 29.8 Å². The molecule has 0 bridgehead atoms. The fraction of sp³-hybridized carbons (Fsp3) is 0.333. The van der Waals surface area contributed by atoms with E-state index in [9.17, 15) is 19.2 Å². The van der Waals surface area contributed by atoms with Crippen LogP contribution in [0.4, 0.5) is 4.79 Å². The van der Waals surface area contributed by atoms with Gasteiger partial charge in [-0.05, 0) is 19.4 Å². The maximum absolute atomic E-state index is 12.5. The number of nitrogens with one attached hydrogen (secondary N) is 2. The highest BCUT2D eigenvalue weighted by Gasteiger charge is 2.49. The molecule has 1 fully saturated rings. The first-order valence-corrected chi connectivity index (χ1v) is 6.94. The number of benzene rings is 1. The van der Waals surface area contributed by atoms with Gasteiger partial charge in [0, 0.05) is 0 Å². The van der Waals surface area contributed by atoms with Gasteiger partial charge in [0.1, 0.15) is 18.6 Å². The number of imide groups is 1. The van der Waals surface area contributed by atoms with E-state index in [-0.39, 0.29) is 0 Å². The number of aliphatic carboxylic acids is 1. The molecule has 2 rings (SSSR count). The number of aryl methyl sites for hydroxylation is 1. The first-order chi connectivity index (χ1) is 10.7. The van der Waals surface area contributed by atoms with Crippen molar-refractivity contribution in [2.24, 2.45) is 0 Å². The minimum atomic E-state index is -1.25. The summed E-state index contributed by atoms with van der Waals surface area (Å²) in [6.07, 6.45) is 0. The van der Waals surface area contributed by atoms with Gasteiger partial charge in [-0.25, -0.2) is 4.79 Å². The minimum absolute atomic E-state index is 0.528. The molecule has 0 aromatic heterocycles. The van der Waals surface area contributed by atoms with Crippen molar-refractivity contribution < 1.29 is 24.3 Å². The monoisotopic (exact) mass is 319 g/mol. The highest BCUT2D eigenvalue weighted by atomic mass is 16.4. The second kappa shape index (κ2) is 6.07. The molecular formula is C15H17N3O5. The van der Waals surface area contributed by atoms with Gasteiger partial charge in [-0.15, -0.1) is 0 Å². The summed E-state index contributed by atoms with van der Waals surface area (Å²) in [6, 6.07) is 6.43. The van der Waals surface area contributed by atoms with E-state index in [0.29, 0.717) is 5.56 Å². The first-order valence-electron chi connectivity index (χ1n) is 6.94. The van der Waals surface area contributed by atoms with Gasteiger partial charge in [-0.3, -0.25) is 19.3 Å². The lowest BCUT2D eigenvalue weighted by atomic mass is 9.91. The number of urea groups is 1. The van der Waals surface area contributed by atoms with Crippen molar-refractivity contribution in [2.75, 3.05) is 13.1 Å². The van der Waals surface area contributed by atoms with E-state index in [1.165, 1.54) is 0 Å². The van der Waals surface area contributed by atoms with Crippen molar-refractivity contribution in [3.05, 3.63) is 35.4 Å². The molecule has 1 saturated heterocycles. The molecule has 1 aromatic carbocycles. The maximum atomic E-state index is 12.5. The summed E-state index contributed by atoms with van der Waals surface area (Å²) in [5.74, 6) is -2.49. The topological polar surface area (TPSA) is 116 Å². The van der Waals surface area contributed by atoms with Crippen molar-refractivity contribution in [3.8, 4) is 0 Å². The summed E-state index contributed by atoms with van der Waals surface area (Å²) < 4.78 is 0. The van der Waals surface area contributed by atoms with Gasteiger partial charge in [0.05, 0.1) is 0 Å². The molecule has 8 heteroatoms. The quantitative estimate of drug-likeness (QED) is 0.659. The molecule has 3 N–H and O–H groups in total. The molecule has 23 heavy (non-hydrogen) atoms. The number of carbonyl (C=O) groups is 4. The summed E-state index contributed by atoms with van der Waals surface area (Å²) in [5.41, 5.74) is 0.367. The number of carboxylic acids is 1. The lowest BCUT2D eigenvalue weighted by Gasteiger charge is -2.22. The molecule has 0 aliphatic carbocycles. The Bertz CT molecular complexity index is 670. The number of carbonyl (C=O) groups excluding carboxylic acids is 3. The van der Waals surface area contributed by atoms with E-state index in [1.54, 1.807) is 19.1 Å². The van der Waals surface area contributed by atoms with Crippen molar-refractivity contribution in [2.45, 2.75) is 19.4 Å². The lowest BCUT2D eigenvalue weighted by Crippen LogP contribution is -2.44. The predicted molar refractivity (Wildman–Crippen MR) is 79.4 cm³/mol. The van der Waals surface area contributed by atoms with Crippen LogP contribution in [-0.2, 0) is 19.9 Å². The Labute approximate surface area is 132 Å². The molecule has 1 aromatic rings. The third-order valence-electron chi connectivity index (χ3n) is 3.64. The van der Waals surface area contributed by atoms with Crippen LogP contribution in [0.3, 0.4) is 0 Å². The van der Waals surface area contributed by atoms with E-state index < -0.39 is 42.4 Å². The van der Waals surface area contributed by atoms with Gasteiger partial charge in [0.2, 0.25) is 5.91 Å². The highest BCUT2D eigenvalue weighted by Crippen LogP contribution is 2.28. The van der Waals surface area contributed by atoms with Crippen molar-refractivity contribution in [1.82, 2.24) is 15.5 Å². The zero-order valence-corrected chi connectivity index (χ0v) is 12.8. The van der Waals surface area contributed by atoms with Crippen LogP contribution in [0.5, 0.6) is 0 Å². The third kappa shape index (κ3) is 3.31. The fourth-order valence-electron chi connectivity index (χ4n) is 2.30. The Morgan fingerprint density at radius 1 is 1.26 bits per heavy atom. The van der Waals surface area contributed by atoms with Crippen LogP contribution in [0.15, 0.2) is 24.3 Å². The molecular weight excluding hydrogens is 302 g/mol. The largest absolute Gasteiger partial charge is 0.480 e. The highest BCUT2D eigenvalue weighted by molar-refractivity contribution is 6.09. The molecule has 1 atom stereocenters. The van der Waals surface area contributed by atoms with E-state index in [0.717, 1.165) is 10.5 Å². The predicted octanol–water partition coefficient (Wildman–Crippen LogP) is -0.0372. The smallest absolute Gasteiger partial charge is 0.325 e. The van der Waals surface area contributed by atoms with Crippen molar-refractivity contribution in [3.63, 3.8) is 0 Å². The number of rotatable bonds is 5. The third-order valence-corrected chi connectivity index (χ3v) is 3.64. The normalized spacial score (nSPS) is 20.3. The minimum Gasteiger partial charge on any atom is -0.480 e. The van der Waals surface area contributed by atoms with Crippen LogP contribution in [0.2, 0.25) is 0 Å². The van der Waals surface area contributed by atoms with Crippen LogP contribution in [0.25, 0.3) is 0 Å². The number of carboxylic acid groups (broad SMARTS) is 1. The number of nitrogens with zero attached hydrogens (tertiary/aromatic N) is 1.